The molecule has 0 saturated carbocycles. The highest BCUT2D eigenvalue weighted by atomic mass is 32.1. The van der Waals surface area contributed by atoms with Crippen LogP contribution in [0.2, 0.25) is 0 Å². The smallest absolute Gasteiger partial charge is 0.0976 e. The summed E-state index contributed by atoms with van der Waals surface area (Å²) >= 11 is 1.74. The molecular formula is C11H18N2O2S. The first-order valence-electron chi connectivity index (χ1n) is 5.51. The van der Waals surface area contributed by atoms with Crippen LogP contribution >= 0.6 is 11.3 Å². The molecule has 16 heavy (non-hydrogen) atoms. The normalized spacial score (nSPS) is 29.8. The number of β-amino-alcohol motifs (C(OH)–C–C–N with tert-alkyl or cyclic N) is 1. The third kappa shape index (κ3) is 2.61. The molecule has 0 amide bonds. The maximum Gasteiger partial charge on any atom is 0.0976 e. The fourth-order valence-corrected chi connectivity index (χ4v) is 2.78. The van der Waals surface area contributed by atoms with E-state index in [0.29, 0.717) is 13.1 Å². The van der Waals surface area contributed by atoms with E-state index >= 15 is 0 Å². The molecule has 2 heterocycles. The van der Waals surface area contributed by atoms with Gasteiger partial charge >= 0.3 is 0 Å². The van der Waals surface area contributed by atoms with Crippen LogP contribution in [0.3, 0.4) is 0 Å². The van der Waals surface area contributed by atoms with Crippen molar-refractivity contribution in [2.24, 2.45) is 0 Å². The van der Waals surface area contributed by atoms with E-state index in [1.807, 2.05) is 0 Å². The predicted molar refractivity (Wildman–Crippen MR) is 64.6 cm³/mol. The van der Waals surface area contributed by atoms with E-state index in [0.717, 1.165) is 6.54 Å². The van der Waals surface area contributed by atoms with Crippen LogP contribution in [0, 0.1) is 6.92 Å². The van der Waals surface area contributed by atoms with Gasteiger partial charge in [-0.3, -0.25) is 0 Å². The van der Waals surface area contributed by atoms with E-state index in [9.17, 15) is 10.2 Å². The Morgan fingerprint density at radius 2 is 2.38 bits per heavy atom. The van der Waals surface area contributed by atoms with Crippen LogP contribution in [-0.2, 0) is 6.54 Å². The first-order valence-corrected chi connectivity index (χ1v) is 6.39. The highest BCUT2D eigenvalue weighted by Gasteiger charge is 2.32. The lowest BCUT2D eigenvalue weighted by Crippen LogP contribution is -2.41. The summed E-state index contributed by atoms with van der Waals surface area (Å²) in [7, 11) is 0. The Kier molecular flexibility index (Phi) is 3.94. The molecule has 0 bridgehead atoms. The monoisotopic (exact) mass is 242 g/mol. The molecule has 0 unspecified atom stereocenters. The second-order valence-corrected chi connectivity index (χ2v) is 5.23. The van der Waals surface area contributed by atoms with Crippen molar-refractivity contribution in [3.05, 3.63) is 21.9 Å². The highest BCUT2D eigenvalue weighted by Crippen LogP contribution is 2.15. The van der Waals surface area contributed by atoms with Crippen molar-refractivity contribution in [3.63, 3.8) is 0 Å². The van der Waals surface area contributed by atoms with Gasteiger partial charge in [0, 0.05) is 30.6 Å². The summed E-state index contributed by atoms with van der Waals surface area (Å²) in [4.78, 5) is 1.33. The number of hydrogen-bond acceptors (Lipinski definition) is 5. The Labute approximate surface area is 99.3 Å². The molecule has 4 nitrogen and oxygen atoms in total. The maximum atomic E-state index is 9.62. The topological polar surface area (TPSA) is 64.5 Å². The molecule has 2 rings (SSSR count). The molecule has 1 aliphatic rings. The summed E-state index contributed by atoms with van der Waals surface area (Å²) in [6, 6.07) is 2.06. The lowest BCUT2D eigenvalue weighted by molar-refractivity contribution is 0.0407. The molecule has 0 radical (unpaired) electrons. The lowest BCUT2D eigenvalue weighted by Gasteiger charge is -2.16. The molecule has 1 fully saturated rings. The summed E-state index contributed by atoms with van der Waals surface area (Å²) in [5.74, 6) is 0. The molecule has 0 aliphatic carbocycles. The minimum absolute atomic E-state index is 0.0460. The maximum absolute atomic E-state index is 9.62. The van der Waals surface area contributed by atoms with Crippen LogP contribution in [-0.4, -0.2) is 41.6 Å². The van der Waals surface area contributed by atoms with Crippen molar-refractivity contribution in [2.75, 3.05) is 13.1 Å². The zero-order chi connectivity index (χ0) is 11.5. The van der Waals surface area contributed by atoms with Crippen molar-refractivity contribution in [1.82, 2.24) is 10.6 Å². The Morgan fingerprint density at radius 1 is 1.56 bits per heavy atom. The third-order valence-corrected chi connectivity index (χ3v) is 4.04. The van der Waals surface area contributed by atoms with Crippen LogP contribution in [0.25, 0.3) is 0 Å². The van der Waals surface area contributed by atoms with Gasteiger partial charge in [-0.1, -0.05) is 0 Å². The van der Waals surface area contributed by atoms with E-state index in [-0.39, 0.29) is 6.04 Å². The molecule has 4 N–H and O–H groups in total. The third-order valence-electron chi connectivity index (χ3n) is 3.01. The zero-order valence-corrected chi connectivity index (χ0v) is 10.1. The average molecular weight is 242 g/mol. The Balaban J connectivity index is 1.75. The SMILES string of the molecule is Cc1ccsc1CNC[C@H]1NC[C@H](O)[C@@H]1O. The van der Waals surface area contributed by atoms with Gasteiger partial charge in [0.1, 0.15) is 0 Å². The summed E-state index contributed by atoms with van der Waals surface area (Å²) in [5, 5.41) is 27.4. The number of nitrogens with one attached hydrogen (secondary N) is 2. The fraction of sp³-hybridized carbons (Fsp3) is 0.636. The quantitative estimate of drug-likeness (QED) is 0.592. The van der Waals surface area contributed by atoms with Crippen molar-refractivity contribution in [1.29, 1.82) is 0 Å². The Morgan fingerprint density at radius 3 is 2.94 bits per heavy atom. The number of aliphatic hydroxyl groups excluding tert-OH is 2. The number of rotatable bonds is 4. The van der Waals surface area contributed by atoms with E-state index in [1.54, 1.807) is 11.3 Å². The van der Waals surface area contributed by atoms with Crippen LogP contribution in [0.15, 0.2) is 11.4 Å². The lowest BCUT2D eigenvalue weighted by atomic mass is 10.1. The summed E-state index contributed by atoms with van der Waals surface area (Å²) in [5.41, 5.74) is 1.30. The van der Waals surface area contributed by atoms with Crippen LogP contribution < -0.4 is 10.6 Å². The first-order chi connectivity index (χ1) is 7.68. The Hall–Kier alpha value is -0.460. The first kappa shape index (κ1) is 12.0. The van der Waals surface area contributed by atoms with Gasteiger partial charge in [0.15, 0.2) is 0 Å². The molecule has 1 aromatic rings. The van der Waals surface area contributed by atoms with Crippen LogP contribution in [0.5, 0.6) is 0 Å². The second kappa shape index (κ2) is 5.25. The van der Waals surface area contributed by atoms with Crippen molar-refractivity contribution >= 4 is 11.3 Å². The standard InChI is InChI=1S/C11H18N2O2S/c1-7-2-3-16-10(7)6-12-4-8-11(15)9(14)5-13-8/h2-3,8-9,11-15H,4-6H2,1H3/t8-,9+,11-/m1/s1. The van der Waals surface area contributed by atoms with Crippen molar-refractivity contribution in [3.8, 4) is 0 Å². The van der Waals surface area contributed by atoms with E-state index < -0.39 is 12.2 Å². The number of hydrogen-bond donors (Lipinski definition) is 4. The minimum Gasteiger partial charge on any atom is -0.389 e. The van der Waals surface area contributed by atoms with E-state index in [4.69, 9.17) is 0 Å². The number of aliphatic hydroxyl groups is 2. The summed E-state index contributed by atoms with van der Waals surface area (Å²) in [6.45, 7) is 4.07. The molecule has 90 valence electrons. The van der Waals surface area contributed by atoms with Gasteiger partial charge in [-0.25, -0.2) is 0 Å². The Bertz CT molecular complexity index is 342. The minimum atomic E-state index is -0.656. The molecule has 5 heteroatoms. The van der Waals surface area contributed by atoms with Gasteiger partial charge < -0.3 is 20.8 Å². The number of aryl methyl sites for hydroxylation is 1. The predicted octanol–water partition coefficient (Wildman–Crippen LogP) is -0.160. The van der Waals surface area contributed by atoms with Crippen molar-refractivity contribution < 1.29 is 10.2 Å². The largest absolute Gasteiger partial charge is 0.389 e. The molecule has 1 aliphatic heterocycles. The number of thiophene rings is 1. The summed E-state index contributed by atoms with van der Waals surface area (Å²) < 4.78 is 0. The van der Waals surface area contributed by atoms with Crippen LogP contribution in [0.1, 0.15) is 10.4 Å². The van der Waals surface area contributed by atoms with Gasteiger partial charge in [0.05, 0.1) is 12.2 Å². The highest BCUT2D eigenvalue weighted by molar-refractivity contribution is 7.10. The van der Waals surface area contributed by atoms with Gasteiger partial charge in [-0.05, 0) is 23.9 Å². The van der Waals surface area contributed by atoms with Gasteiger partial charge in [-0.15, -0.1) is 11.3 Å². The van der Waals surface area contributed by atoms with Gasteiger partial charge in [-0.2, -0.15) is 0 Å². The zero-order valence-electron chi connectivity index (χ0n) is 9.31. The molecule has 3 atom stereocenters. The average Bonchev–Trinajstić information content (AvgIpc) is 2.80. The molecular weight excluding hydrogens is 224 g/mol. The second-order valence-electron chi connectivity index (χ2n) is 4.23. The molecule has 1 aromatic heterocycles. The van der Waals surface area contributed by atoms with Gasteiger partial charge in [0.25, 0.3) is 0 Å². The molecule has 0 aromatic carbocycles. The molecule has 1 saturated heterocycles. The molecule has 0 spiro atoms. The van der Waals surface area contributed by atoms with E-state index in [2.05, 4.69) is 29.0 Å². The summed E-state index contributed by atoms with van der Waals surface area (Å²) in [6.07, 6.45) is -1.28. The van der Waals surface area contributed by atoms with Crippen molar-refractivity contribution in [2.45, 2.75) is 31.7 Å². The fourth-order valence-electron chi connectivity index (χ4n) is 1.90. The van der Waals surface area contributed by atoms with Crippen LogP contribution in [0.4, 0.5) is 0 Å². The van der Waals surface area contributed by atoms with E-state index in [1.165, 1.54) is 10.4 Å². The van der Waals surface area contributed by atoms with Gasteiger partial charge in [0.2, 0.25) is 0 Å².